The first-order valence-corrected chi connectivity index (χ1v) is 4.92. The van der Waals surface area contributed by atoms with Crippen LogP contribution in [-0.4, -0.2) is 4.92 Å². The van der Waals surface area contributed by atoms with Crippen molar-refractivity contribution >= 4 is 5.69 Å². The molecule has 1 aliphatic carbocycles. The predicted molar refractivity (Wildman–Crippen MR) is 55.2 cm³/mol. The molecule has 1 aliphatic rings. The van der Waals surface area contributed by atoms with E-state index in [-0.39, 0.29) is 0 Å². The Balaban J connectivity index is 2.48. The number of rotatable bonds is 2. The van der Waals surface area contributed by atoms with Gasteiger partial charge < -0.3 is 4.85 Å². The fraction of sp³-hybridized carbons (Fsp3) is 0.364. The Morgan fingerprint density at radius 2 is 2.19 bits per heavy atom. The van der Waals surface area contributed by atoms with Gasteiger partial charge in [0.05, 0.1) is 4.92 Å². The Bertz CT molecular complexity index is 489. The molecule has 16 heavy (non-hydrogen) atoms. The molecule has 0 radical (unpaired) electrons. The second kappa shape index (κ2) is 3.56. The van der Waals surface area contributed by atoms with Gasteiger partial charge in [0.2, 0.25) is 5.82 Å². The standard InChI is InChI=1S/C11H9FN2O2/c1-13-11(5-2-6-11)8-3-4-9(12)10(7-8)14(15)16/h3-4,7H,2,5-6H2. The van der Waals surface area contributed by atoms with Gasteiger partial charge in [0, 0.05) is 24.5 Å². The van der Waals surface area contributed by atoms with Crippen molar-refractivity contribution in [2.45, 2.75) is 24.8 Å². The predicted octanol–water partition coefficient (Wildman–Crippen LogP) is 3.03. The third kappa shape index (κ3) is 1.43. The molecule has 0 atom stereocenters. The molecule has 0 saturated heterocycles. The maximum Gasteiger partial charge on any atom is 0.305 e. The highest BCUT2D eigenvalue weighted by atomic mass is 19.1. The molecule has 82 valence electrons. The lowest BCUT2D eigenvalue weighted by Crippen LogP contribution is -2.30. The number of halogens is 1. The van der Waals surface area contributed by atoms with Crippen LogP contribution in [0.25, 0.3) is 4.85 Å². The number of hydrogen-bond acceptors (Lipinski definition) is 2. The van der Waals surface area contributed by atoms with Crippen molar-refractivity contribution < 1.29 is 9.31 Å². The highest BCUT2D eigenvalue weighted by molar-refractivity contribution is 5.42. The minimum Gasteiger partial charge on any atom is -0.305 e. The summed E-state index contributed by atoms with van der Waals surface area (Å²) in [5.74, 6) is -0.854. The van der Waals surface area contributed by atoms with E-state index in [0.717, 1.165) is 12.5 Å². The SMILES string of the molecule is [C-]#[N+]C1(c2ccc(F)c([N+](=O)[O-])c2)CCC1. The van der Waals surface area contributed by atoms with E-state index in [0.29, 0.717) is 18.4 Å². The molecule has 1 fully saturated rings. The first-order chi connectivity index (χ1) is 7.59. The molecular formula is C11H9FN2O2. The van der Waals surface area contributed by atoms with Gasteiger partial charge in [-0.15, -0.1) is 0 Å². The Morgan fingerprint density at radius 3 is 2.62 bits per heavy atom. The molecular weight excluding hydrogens is 211 g/mol. The van der Waals surface area contributed by atoms with Gasteiger partial charge in [0.25, 0.3) is 5.54 Å². The fourth-order valence-corrected chi connectivity index (χ4v) is 1.92. The van der Waals surface area contributed by atoms with Gasteiger partial charge in [-0.1, -0.05) is 0 Å². The molecule has 0 amide bonds. The molecule has 5 heteroatoms. The molecule has 0 aliphatic heterocycles. The van der Waals surface area contributed by atoms with E-state index in [1.807, 2.05) is 0 Å². The van der Waals surface area contributed by atoms with Gasteiger partial charge in [-0.05, 0) is 18.6 Å². The summed E-state index contributed by atoms with van der Waals surface area (Å²) >= 11 is 0. The lowest BCUT2D eigenvalue weighted by molar-refractivity contribution is -0.387. The van der Waals surface area contributed by atoms with Crippen LogP contribution in [0.2, 0.25) is 0 Å². The summed E-state index contributed by atoms with van der Waals surface area (Å²) in [6, 6.07) is 3.73. The van der Waals surface area contributed by atoms with Gasteiger partial charge in [0.1, 0.15) is 0 Å². The molecule has 1 saturated carbocycles. The topological polar surface area (TPSA) is 47.5 Å². The number of nitro benzene ring substituents is 1. The van der Waals surface area contributed by atoms with Crippen molar-refractivity contribution in [3.05, 3.63) is 51.1 Å². The van der Waals surface area contributed by atoms with Crippen molar-refractivity contribution in [3.8, 4) is 0 Å². The summed E-state index contributed by atoms with van der Waals surface area (Å²) in [7, 11) is 0. The highest BCUT2D eigenvalue weighted by Crippen LogP contribution is 2.45. The van der Waals surface area contributed by atoms with Crippen LogP contribution in [0.1, 0.15) is 24.8 Å². The van der Waals surface area contributed by atoms with Crippen LogP contribution >= 0.6 is 0 Å². The molecule has 0 unspecified atom stereocenters. The average molecular weight is 220 g/mol. The minimum absolute atomic E-state index is 0.549. The normalized spacial score (nSPS) is 17.2. The highest BCUT2D eigenvalue weighted by Gasteiger charge is 2.46. The first-order valence-electron chi connectivity index (χ1n) is 4.92. The summed E-state index contributed by atoms with van der Waals surface area (Å²) in [5, 5.41) is 10.6. The molecule has 0 spiro atoms. The molecule has 0 N–H and O–H groups in total. The smallest absolute Gasteiger partial charge is 0.305 e. The third-order valence-electron chi connectivity index (χ3n) is 3.07. The van der Waals surface area contributed by atoms with Crippen molar-refractivity contribution in [3.63, 3.8) is 0 Å². The zero-order valence-electron chi connectivity index (χ0n) is 8.44. The number of nitro groups is 1. The molecule has 2 rings (SSSR count). The monoisotopic (exact) mass is 220 g/mol. The Morgan fingerprint density at radius 1 is 1.50 bits per heavy atom. The minimum atomic E-state index is -0.854. The van der Waals surface area contributed by atoms with Crippen molar-refractivity contribution in [1.82, 2.24) is 0 Å². The van der Waals surface area contributed by atoms with Gasteiger partial charge in [-0.3, -0.25) is 10.1 Å². The van der Waals surface area contributed by atoms with Crippen LogP contribution in [0.3, 0.4) is 0 Å². The Hall–Kier alpha value is -1.96. The Labute approximate surface area is 91.7 Å². The van der Waals surface area contributed by atoms with E-state index < -0.39 is 22.0 Å². The molecule has 0 aromatic heterocycles. The van der Waals surface area contributed by atoms with E-state index in [9.17, 15) is 14.5 Å². The van der Waals surface area contributed by atoms with Gasteiger partial charge in [-0.2, -0.15) is 4.39 Å². The fourth-order valence-electron chi connectivity index (χ4n) is 1.92. The zero-order chi connectivity index (χ0) is 11.8. The molecule has 1 aromatic carbocycles. The third-order valence-corrected chi connectivity index (χ3v) is 3.07. The number of nitrogens with zero attached hydrogens (tertiary/aromatic N) is 2. The summed E-state index contributed by atoms with van der Waals surface area (Å²) in [6.45, 7) is 7.14. The van der Waals surface area contributed by atoms with Crippen LogP contribution < -0.4 is 0 Å². The van der Waals surface area contributed by atoms with Crippen molar-refractivity contribution in [1.29, 1.82) is 0 Å². The van der Waals surface area contributed by atoms with Crippen LogP contribution in [0.5, 0.6) is 0 Å². The maximum atomic E-state index is 13.1. The lowest BCUT2D eigenvalue weighted by Gasteiger charge is -2.30. The second-order valence-corrected chi connectivity index (χ2v) is 3.92. The van der Waals surface area contributed by atoms with Crippen molar-refractivity contribution in [2.75, 3.05) is 0 Å². The van der Waals surface area contributed by atoms with E-state index in [2.05, 4.69) is 4.85 Å². The van der Waals surface area contributed by atoms with Gasteiger partial charge in [-0.25, -0.2) is 6.57 Å². The second-order valence-electron chi connectivity index (χ2n) is 3.92. The van der Waals surface area contributed by atoms with Crippen LogP contribution in [0.15, 0.2) is 18.2 Å². The van der Waals surface area contributed by atoms with Crippen molar-refractivity contribution in [2.24, 2.45) is 0 Å². The van der Waals surface area contributed by atoms with Gasteiger partial charge in [0.15, 0.2) is 0 Å². The van der Waals surface area contributed by atoms with Gasteiger partial charge >= 0.3 is 5.69 Å². The van der Waals surface area contributed by atoms with E-state index in [4.69, 9.17) is 6.57 Å². The zero-order valence-corrected chi connectivity index (χ0v) is 8.44. The summed E-state index contributed by atoms with van der Waals surface area (Å²) in [4.78, 5) is 13.4. The summed E-state index contributed by atoms with van der Waals surface area (Å²) in [6.07, 6.45) is 2.33. The summed E-state index contributed by atoms with van der Waals surface area (Å²) < 4.78 is 13.1. The quantitative estimate of drug-likeness (QED) is 0.437. The summed E-state index contributed by atoms with van der Waals surface area (Å²) in [5.41, 5.74) is -0.646. The Kier molecular flexibility index (Phi) is 2.35. The number of hydrogen-bond donors (Lipinski definition) is 0. The first kappa shape index (κ1) is 10.6. The lowest BCUT2D eigenvalue weighted by atomic mass is 9.72. The molecule has 4 nitrogen and oxygen atoms in total. The van der Waals surface area contributed by atoms with E-state index in [1.165, 1.54) is 12.1 Å². The molecule has 1 aromatic rings. The maximum absolute atomic E-state index is 13.1. The number of benzene rings is 1. The van der Waals surface area contributed by atoms with Crippen LogP contribution in [0, 0.1) is 22.5 Å². The molecule has 0 bridgehead atoms. The average Bonchev–Trinajstić information content (AvgIpc) is 2.19. The largest absolute Gasteiger partial charge is 0.305 e. The van der Waals surface area contributed by atoms with E-state index in [1.54, 1.807) is 0 Å². The van der Waals surface area contributed by atoms with Crippen LogP contribution in [-0.2, 0) is 5.54 Å². The van der Waals surface area contributed by atoms with Crippen LogP contribution in [0.4, 0.5) is 10.1 Å². The van der Waals surface area contributed by atoms with E-state index >= 15 is 0 Å². The molecule has 0 heterocycles.